The molecular formula is C18H20N2O3. The van der Waals surface area contributed by atoms with Crippen LogP contribution in [0.3, 0.4) is 0 Å². The van der Waals surface area contributed by atoms with Gasteiger partial charge in [0.2, 0.25) is 5.91 Å². The molecule has 23 heavy (non-hydrogen) atoms. The van der Waals surface area contributed by atoms with Gasteiger partial charge in [-0.05, 0) is 24.6 Å². The van der Waals surface area contributed by atoms with Gasteiger partial charge >= 0.3 is 6.09 Å². The van der Waals surface area contributed by atoms with E-state index in [1.807, 2.05) is 43.3 Å². The Bertz CT molecular complexity index is 629. The lowest BCUT2D eigenvalue weighted by molar-refractivity contribution is -0.121. The molecule has 0 aliphatic rings. The first kappa shape index (κ1) is 16.5. The maximum atomic E-state index is 11.9. The van der Waals surface area contributed by atoms with Gasteiger partial charge in [-0.25, -0.2) is 4.79 Å². The number of ether oxygens (including phenoxy) is 1. The van der Waals surface area contributed by atoms with Crippen LogP contribution in [-0.4, -0.2) is 18.5 Å². The number of amides is 2. The summed E-state index contributed by atoms with van der Waals surface area (Å²) in [5, 5.41) is 5.44. The summed E-state index contributed by atoms with van der Waals surface area (Å²) >= 11 is 0. The monoisotopic (exact) mass is 312 g/mol. The number of hydrogen-bond acceptors (Lipinski definition) is 3. The quantitative estimate of drug-likeness (QED) is 0.861. The van der Waals surface area contributed by atoms with Gasteiger partial charge in [-0.15, -0.1) is 0 Å². The van der Waals surface area contributed by atoms with Crippen molar-refractivity contribution >= 4 is 12.0 Å². The predicted molar refractivity (Wildman–Crippen MR) is 88.1 cm³/mol. The average Bonchev–Trinajstić information content (AvgIpc) is 2.56. The third kappa shape index (κ3) is 5.82. The molecule has 0 unspecified atom stereocenters. The molecular weight excluding hydrogens is 292 g/mol. The van der Waals surface area contributed by atoms with E-state index in [0.29, 0.717) is 5.75 Å². The molecule has 0 fully saturated rings. The lowest BCUT2D eigenvalue weighted by atomic mass is 10.1. The summed E-state index contributed by atoms with van der Waals surface area (Å²) in [6.07, 6.45) is -0.374. The smallest absolute Gasteiger partial charge is 0.410 e. The second kappa shape index (κ2) is 8.58. The van der Waals surface area contributed by atoms with Gasteiger partial charge < -0.3 is 15.4 Å². The van der Waals surface area contributed by atoms with E-state index < -0.39 is 6.09 Å². The highest BCUT2D eigenvalue weighted by Gasteiger charge is 2.10. The van der Waals surface area contributed by atoms with Crippen molar-refractivity contribution in [2.24, 2.45) is 0 Å². The first-order valence-electron chi connectivity index (χ1n) is 7.50. The summed E-state index contributed by atoms with van der Waals surface area (Å²) < 4.78 is 5.06. The molecule has 2 N–H and O–H groups in total. The van der Waals surface area contributed by atoms with Gasteiger partial charge in [0.1, 0.15) is 5.75 Å². The molecule has 2 aromatic rings. The minimum Gasteiger partial charge on any atom is -0.410 e. The standard InChI is InChI=1S/C18H20N2O3/c1-14(15-8-4-2-5-9-15)20-17(21)12-13-19-18(22)23-16-10-6-3-7-11-16/h2-11,14H,12-13H2,1H3,(H,19,22)(H,20,21)/t14-/m1/s1. The number of carbonyl (C=O) groups is 2. The minimum atomic E-state index is -0.569. The van der Waals surface area contributed by atoms with Crippen molar-refractivity contribution in [2.45, 2.75) is 19.4 Å². The van der Waals surface area contributed by atoms with Gasteiger partial charge in [-0.2, -0.15) is 0 Å². The fourth-order valence-electron chi connectivity index (χ4n) is 2.05. The highest BCUT2D eigenvalue weighted by molar-refractivity contribution is 5.77. The molecule has 2 amide bonds. The highest BCUT2D eigenvalue weighted by Crippen LogP contribution is 2.11. The Morgan fingerprint density at radius 3 is 2.26 bits per heavy atom. The number of para-hydroxylation sites is 1. The topological polar surface area (TPSA) is 67.4 Å². The summed E-state index contributed by atoms with van der Waals surface area (Å²) in [7, 11) is 0. The number of carbonyl (C=O) groups excluding carboxylic acids is 2. The molecule has 5 heteroatoms. The SMILES string of the molecule is C[C@@H](NC(=O)CCNC(=O)Oc1ccccc1)c1ccccc1. The van der Waals surface area contributed by atoms with E-state index >= 15 is 0 Å². The van der Waals surface area contributed by atoms with Crippen molar-refractivity contribution in [1.82, 2.24) is 10.6 Å². The third-order valence-corrected chi connectivity index (χ3v) is 3.25. The molecule has 1 atom stereocenters. The van der Waals surface area contributed by atoms with Crippen molar-refractivity contribution in [3.8, 4) is 5.75 Å². The summed E-state index contributed by atoms with van der Waals surface area (Å²) in [4.78, 5) is 23.4. The molecule has 0 saturated carbocycles. The van der Waals surface area contributed by atoms with Crippen molar-refractivity contribution in [2.75, 3.05) is 6.54 Å². The number of hydrogen-bond donors (Lipinski definition) is 2. The third-order valence-electron chi connectivity index (χ3n) is 3.25. The molecule has 120 valence electrons. The molecule has 0 radical (unpaired) electrons. The molecule has 0 aromatic heterocycles. The fourth-order valence-corrected chi connectivity index (χ4v) is 2.05. The zero-order valence-electron chi connectivity index (χ0n) is 13.0. The van der Waals surface area contributed by atoms with Crippen LogP contribution in [0.15, 0.2) is 60.7 Å². The van der Waals surface area contributed by atoms with Gasteiger partial charge in [0, 0.05) is 13.0 Å². The first-order valence-corrected chi connectivity index (χ1v) is 7.50. The Labute approximate surface area is 135 Å². The Hall–Kier alpha value is -2.82. The molecule has 2 rings (SSSR count). The molecule has 0 aliphatic carbocycles. The van der Waals surface area contributed by atoms with E-state index in [4.69, 9.17) is 4.74 Å². The fraction of sp³-hybridized carbons (Fsp3) is 0.222. The Morgan fingerprint density at radius 2 is 1.61 bits per heavy atom. The Kier molecular flexibility index (Phi) is 6.17. The summed E-state index contributed by atoms with van der Waals surface area (Å²) in [6.45, 7) is 2.14. The van der Waals surface area contributed by atoms with Crippen LogP contribution in [0.4, 0.5) is 4.79 Å². The Morgan fingerprint density at radius 1 is 1.00 bits per heavy atom. The zero-order chi connectivity index (χ0) is 16.5. The largest absolute Gasteiger partial charge is 0.412 e. The van der Waals surface area contributed by atoms with E-state index in [2.05, 4.69) is 10.6 Å². The van der Waals surface area contributed by atoms with Crippen LogP contribution in [0.1, 0.15) is 24.9 Å². The van der Waals surface area contributed by atoms with Crippen molar-refractivity contribution in [1.29, 1.82) is 0 Å². The van der Waals surface area contributed by atoms with Crippen molar-refractivity contribution in [3.05, 3.63) is 66.2 Å². The molecule has 0 bridgehead atoms. The molecule has 2 aromatic carbocycles. The van der Waals surface area contributed by atoms with Gasteiger partial charge in [0.15, 0.2) is 0 Å². The minimum absolute atomic E-state index is 0.0695. The van der Waals surface area contributed by atoms with Crippen LogP contribution in [0.5, 0.6) is 5.75 Å². The van der Waals surface area contributed by atoms with Crippen LogP contribution in [0.25, 0.3) is 0 Å². The van der Waals surface area contributed by atoms with Gasteiger partial charge in [-0.3, -0.25) is 4.79 Å². The van der Waals surface area contributed by atoms with E-state index in [-0.39, 0.29) is 24.9 Å². The van der Waals surface area contributed by atoms with Gasteiger partial charge in [-0.1, -0.05) is 48.5 Å². The molecule has 0 aliphatic heterocycles. The highest BCUT2D eigenvalue weighted by atomic mass is 16.6. The van der Waals surface area contributed by atoms with Gasteiger partial charge in [0.05, 0.1) is 6.04 Å². The molecule has 0 spiro atoms. The Balaban J connectivity index is 1.67. The number of benzene rings is 2. The number of rotatable bonds is 6. The summed E-state index contributed by atoms with van der Waals surface area (Å²) in [5.41, 5.74) is 1.04. The van der Waals surface area contributed by atoms with E-state index in [1.54, 1.807) is 24.3 Å². The van der Waals surface area contributed by atoms with Crippen LogP contribution < -0.4 is 15.4 Å². The second-order valence-electron chi connectivity index (χ2n) is 5.08. The van der Waals surface area contributed by atoms with Crippen LogP contribution in [0, 0.1) is 0 Å². The molecule has 0 heterocycles. The predicted octanol–water partition coefficient (Wildman–Crippen LogP) is 3.04. The summed E-state index contributed by atoms with van der Waals surface area (Å²) in [5.74, 6) is 0.341. The zero-order valence-corrected chi connectivity index (χ0v) is 13.0. The van der Waals surface area contributed by atoms with Crippen molar-refractivity contribution < 1.29 is 14.3 Å². The van der Waals surface area contributed by atoms with E-state index in [0.717, 1.165) is 5.56 Å². The summed E-state index contributed by atoms with van der Waals surface area (Å²) in [6, 6.07) is 18.4. The molecule has 0 saturated heterocycles. The van der Waals surface area contributed by atoms with E-state index in [9.17, 15) is 9.59 Å². The van der Waals surface area contributed by atoms with Crippen molar-refractivity contribution in [3.63, 3.8) is 0 Å². The maximum absolute atomic E-state index is 11.9. The number of nitrogens with one attached hydrogen (secondary N) is 2. The second-order valence-corrected chi connectivity index (χ2v) is 5.08. The first-order chi connectivity index (χ1) is 11.1. The lowest BCUT2D eigenvalue weighted by Gasteiger charge is -2.14. The maximum Gasteiger partial charge on any atom is 0.412 e. The van der Waals surface area contributed by atoms with E-state index in [1.165, 1.54) is 0 Å². The normalized spacial score (nSPS) is 11.3. The lowest BCUT2D eigenvalue weighted by Crippen LogP contribution is -2.33. The van der Waals surface area contributed by atoms with Crippen LogP contribution >= 0.6 is 0 Å². The van der Waals surface area contributed by atoms with Crippen LogP contribution in [-0.2, 0) is 4.79 Å². The van der Waals surface area contributed by atoms with Gasteiger partial charge in [0.25, 0.3) is 0 Å². The molecule has 5 nitrogen and oxygen atoms in total. The average molecular weight is 312 g/mol. The van der Waals surface area contributed by atoms with Crippen LogP contribution in [0.2, 0.25) is 0 Å².